The van der Waals surface area contributed by atoms with E-state index in [1.165, 1.54) is 4.90 Å². The van der Waals surface area contributed by atoms with E-state index in [0.29, 0.717) is 12.4 Å². The fourth-order valence-electron chi connectivity index (χ4n) is 3.53. The van der Waals surface area contributed by atoms with Gasteiger partial charge in [-0.2, -0.15) is 5.10 Å². The fourth-order valence-corrected chi connectivity index (χ4v) is 3.53. The zero-order valence-electron chi connectivity index (χ0n) is 20.1. The van der Waals surface area contributed by atoms with Crippen LogP contribution in [-0.2, 0) is 11.8 Å². The van der Waals surface area contributed by atoms with E-state index in [-0.39, 0.29) is 6.10 Å². The predicted molar refractivity (Wildman–Crippen MR) is 124 cm³/mol. The number of fused-ring (bicyclic) bond motifs is 1. The molecular formula is C23H32N6O3. The van der Waals surface area contributed by atoms with Gasteiger partial charge in [-0.25, -0.2) is 19.4 Å². The molecule has 3 rings (SSSR count). The Morgan fingerprint density at radius 1 is 1.31 bits per heavy atom. The van der Waals surface area contributed by atoms with Crippen LogP contribution in [0.5, 0.6) is 5.88 Å². The molecule has 9 nitrogen and oxygen atoms in total. The summed E-state index contributed by atoms with van der Waals surface area (Å²) >= 11 is 0. The van der Waals surface area contributed by atoms with Crippen molar-refractivity contribution in [3.63, 3.8) is 0 Å². The van der Waals surface area contributed by atoms with Crippen LogP contribution in [0.15, 0.2) is 19.0 Å². The average molecular weight is 441 g/mol. The van der Waals surface area contributed by atoms with Crippen LogP contribution < -0.4 is 4.74 Å². The lowest BCUT2D eigenvalue weighted by atomic mass is 10.2. The van der Waals surface area contributed by atoms with Gasteiger partial charge in [-0.1, -0.05) is 6.58 Å². The first-order valence-electron chi connectivity index (χ1n) is 10.5. The Kier molecular flexibility index (Phi) is 6.29. The Balaban J connectivity index is 1.90. The number of nitrogens with zero attached hydrogens (tertiary/aromatic N) is 6. The Bertz CT molecular complexity index is 1150. The lowest BCUT2D eigenvalue weighted by molar-refractivity contribution is 0.0233. The van der Waals surface area contributed by atoms with Crippen molar-refractivity contribution in [3.8, 4) is 17.1 Å². The number of aromatic nitrogens is 5. The van der Waals surface area contributed by atoms with Gasteiger partial charge in [-0.05, 0) is 47.6 Å². The highest BCUT2D eigenvalue weighted by Gasteiger charge is 2.24. The highest BCUT2D eigenvalue weighted by molar-refractivity contribution is 5.70. The quantitative estimate of drug-likeness (QED) is 0.575. The first kappa shape index (κ1) is 23.3. The third-order valence-electron chi connectivity index (χ3n) is 4.89. The van der Waals surface area contributed by atoms with Crippen LogP contribution in [0.1, 0.15) is 44.9 Å². The van der Waals surface area contributed by atoms with Crippen LogP contribution in [0, 0.1) is 13.8 Å². The molecule has 0 saturated heterocycles. The monoisotopic (exact) mass is 440 g/mol. The summed E-state index contributed by atoms with van der Waals surface area (Å²) in [5, 5.41) is 4.54. The third-order valence-corrected chi connectivity index (χ3v) is 4.89. The van der Waals surface area contributed by atoms with E-state index >= 15 is 0 Å². The lowest BCUT2D eigenvalue weighted by Gasteiger charge is -2.26. The maximum Gasteiger partial charge on any atom is 0.410 e. The molecule has 0 bridgehead atoms. The first-order chi connectivity index (χ1) is 14.9. The molecule has 0 aliphatic rings. The molecule has 0 radical (unpaired) electrons. The van der Waals surface area contributed by atoms with Crippen LogP contribution in [0.2, 0.25) is 0 Å². The molecule has 0 aromatic carbocycles. The summed E-state index contributed by atoms with van der Waals surface area (Å²) < 4.78 is 15.3. The van der Waals surface area contributed by atoms with Crippen LogP contribution in [0.4, 0.5) is 4.79 Å². The van der Waals surface area contributed by atoms with E-state index in [4.69, 9.17) is 14.5 Å². The van der Waals surface area contributed by atoms with Gasteiger partial charge in [0.25, 0.3) is 0 Å². The van der Waals surface area contributed by atoms with Gasteiger partial charge in [0.2, 0.25) is 5.88 Å². The molecule has 0 N–H and O–H groups in total. The van der Waals surface area contributed by atoms with Crippen molar-refractivity contribution >= 4 is 17.7 Å². The minimum absolute atomic E-state index is 0.303. The Labute approximate surface area is 188 Å². The van der Waals surface area contributed by atoms with Gasteiger partial charge < -0.3 is 14.4 Å². The molecule has 3 heterocycles. The van der Waals surface area contributed by atoms with Crippen LogP contribution in [-0.4, -0.2) is 60.4 Å². The summed E-state index contributed by atoms with van der Waals surface area (Å²) in [6.45, 7) is 15.5. The van der Waals surface area contributed by atoms with Gasteiger partial charge in [-0.15, -0.1) is 0 Å². The fraction of sp³-hybridized carbons (Fsp3) is 0.478. The first-order valence-corrected chi connectivity index (χ1v) is 10.5. The van der Waals surface area contributed by atoms with Gasteiger partial charge in [0, 0.05) is 20.3 Å². The second kappa shape index (κ2) is 8.64. The van der Waals surface area contributed by atoms with Crippen molar-refractivity contribution in [2.24, 2.45) is 7.05 Å². The molecule has 0 fully saturated rings. The van der Waals surface area contributed by atoms with Crippen LogP contribution in [0.25, 0.3) is 22.9 Å². The number of aryl methyl sites for hydroxylation is 3. The summed E-state index contributed by atoms with van der Waals surface area (Å²) in [4.78, 5) is 23.0. The number of hydrogen-bond acceptors (Lipinski definition) is 6. The molecule has 3 aromatic rings. The minimum atomic E-state index is -0.554. The van der Waals surface area contributed by atoms with Gasteiger partial charge in [0.1, 0.15) is 17.5 Å². The second-order valence-electron chi connectivity index (χ2n) is 8.97. The maximum absolute atomic E-state index is 12.3. The molecular weight excluding hydrogens is 408 g/mol. The minimum Gasteiger partial charge on any atom is -0.472 e. The summed E-state index contributed by atoms with van der Waals surface area (Å²) in [5.74, 6) is 1.32. The highest BCUT2D eigenvalue weighted by Crippen LogP contribution is 2.33. The summed E-state index contributed by atoms with van der Waals surface area (Å²) in [6.07, 6.45) is 4.71. The molecule has 1 amide bonds. The van der Waals surface area contributed by atoms with Crippen molar-refractivity contribution in [2.75, 3.05) is 13.6 Å². The van der Waals surface area contributed by atoms with Gasteiger partial charge in [0.05, 0.1) is 40.9 Å². The van der Waals surface area contributed by atoms with Gasteiger partial charge >= 0.3 is 6.09 Å². The average Bonchev–Trinajstić information content (AvgIpc) is 3.20. The molecule has 9 heteroatoms. The number of rotatable bonds is 6. The van der Waals surface area contributed by atoms with Crippen LogP contribution >= 0.6 is 0 Å². The summed E-state index contributed by atoms with van der Waals surface area (Å²) in [5.41, 5.74) is 3.52. The standard InChI is InChI=1S/C23H32N6O3/c1-10-19-24-11-18-15(3)25-17(13-29(18)19)20-16(4)26-28(9)21(20)31-14(2)12-27(8)22(30)32-23(5,6)7/h10-11,13-14H,1,12H2,2-9H3/t14-/m0/s1. The van der Waals surface area contributed by atoms with Crippen molar-refractivity contribution in [2.45, 2.75) is 53.2 Å². The Morgan fingerprint density at radius 3 is 2.62 bits per heavy atom. The van der Waals surface area contributed by atoms with Crippen molar-refractivity contribution in [1.82, 2.24) is 29.0 Å². The van der Waals surface area contributed by atoms with E-state index < -0.39 is 11.7 Å². The highest BCUT2D eigenvalue weighted by atomic mass is 16.6. The molecule has 172 valence electrons. The number of ether oxygens (including phenoxy) is 2. The molecule has 0 aliphatic carbocycles. The second-order valence-corrected chi connectivity index (χ2v) is 8.97. The van der Waals surface area contributed by atoms with Crippen molar-refractivity contribution < 1.29 is 14.3 Å². The number of imidazole rings is 1. The smallest absolute Gasteiger partial charge is 0.410 e. The number of carbonyl (C=O) groups excluding carboxylic acids is 1. The predicted octanol–water partition coefficient (Wildman–Crippen LogP) is 4.02. The molecule has 0 spiro atoms. The number of hydrogen-bond donors (Lipinski definition) is 0. The Morgan fingerprint density at radius 2 is 2.00 bits per heavy atom. The topological polar surface area (TPSA) is 86.8 Å². The van der Waals surface area contributed by atoms with E-state index in [1.807, 2.05) is 59.2 Å². The van der Waals surface area contributed by atoms with E-state index in [1.54, 1.807) is 24.0 Å². The van der Waals surface area contributed by atoms with E-state index in [2.05, 4.69) is 16.7 Å². The summed E-state index contributed by atoms with van der Waals surface area (Å²) in [6, 6.07) is 0. The van der Waals surface area contributed by atoms with Gasteiger partial charge in [-0.3, -0.25) is 4.40 Å². The van der Waals surface area contributed by atoms with E-state index in [9.17, 15) is 4.79 Å². The zero-order valence-corrected chi connectivity index (χ0v) is 20.1. The molecule has 3 aromatic heterocycles. The molecule has 32 heavy (non-hydrogen) atoms. The number of likely N-dealkylation sites (N-methyl/N-ethyl adjacent to an activating group) is 1. The van der Waals surface area contributed by atoms with Gasteiger partial charge in [0.15, 0.2) is 0 Å². The molecule has 0 saturated carbocycles. The molecule has 0 aliphatic heterocycles. The number of carbonyl (C=O) groups is 1. The maximum atomic E-state index is 12.3. The zero-order chi connectivity index (χ0) is 23.8. The largest absolute Gasteiger partial charge is 0.472 e. The molecule has 1 atom stereocenters. The van der Waals surface area contributed by atoms with Crippen molar-refractivity contribution in [1.29, 1.82) is 0 Å². The Hall–Kier alpha value is -3.36. The van der Waals surface area contributed by atoms with E-state index in [0.717, 1.165) is 34.0 Å². The molecule has 0 unspecified atom stereocenters. The lowest BCUT2D eigenvalue weighted by Crippen LogP contribution is -2.39. The third kappa shape index (κ3) is 4.76. The summed E-state index contributed by atoms with van der Waals surface area (Å²) in [7, 11) is 3.52. The normalized spacial score (nSPS) is 12.6. The van der Waals surface area contributed by atoms with Crippen LogP contribution in [0.3, 0.4) is 0 Å². The SMILES string of the molecule is C=Cc1ncc2c(C)nc(-c3c(C)nn(C)c3O[C@@H](C)CN(C)C(=O)OC(C)(C)C)cn12. The van der Waals surface area contributed by atoms with Crippen molar-refractivity contribution in [3.05, 3.63) is 36.2 Å². The number of amides is 1.